The highest BCUT2D eigenvalue weighted by atomic mass is 32.1. The van der Waals surface area contributed by atoms with Crippen molar-refractivity contribution in [3.63, 3.8) is 0 Å². The number of benzene rings is 1. The smallest absolute Gasteiger partial charge is 0.269 e. The normalized spacial score (nSPS) is 17.1. The van der Waals surface area contributed by atoms with Crippen molar-refractivity contribution in [2.75, 3.05) is 24.6 Å². The number of amides is 1. The third-order valence-corrected chi connectivity index (χ3v) is 6.01. The lowest BCUT2D eigenvalue weighted by Gasteiger charge is -2.32. The van der Waals surface area contributed by atoms with Crippen molar-refractivity contribution in [2.24, 2.45) is 7.05 Å². The molecule has 148 valence electrons. The molecular weight excluding hydrogens is 374 g/mol. The molecule has 2 aromatic heterocycles. The number of carbonyl (C=O) groups is 1. The molecule has 4 rings (SSSR count). The number of fused-ring (bicyclic) bond motifs is 1. The Morgan fingerprint density at radius 2 is 2.29 bits per heavy atom. The minimum atomic E-state index is -0.0714. The molecule has 3 aromatic rings. The molecule has 1 atom stereocenters. The minimum absolute atomic E-state index is 0.0714. The maximum Gasteiger partial charge on any atom is 0.269 e. The average Bonchev–Trinajstić information content (AvgIpc) is 3.26. The summed E-state index contributed by atoms with van der Waals surface area (Å²) < 4.78 is 8.47. The number of piperidine rings is 1. The molecule has 1 aromatic carbocycles. The lowest BCUT2D eigenvalue weighted by Crippen LogP contribution is -2.48. The van der Waals surface area contributed by atoms with Crippen LogP contribution in [0.2, 0.25) is 0 Å². The van der Waals surface area contributed by atoms with Gasteiger partial charge in [0.2, 0.25) is 0 Å². The number of thiazole rings is 1. The molecule has 8 heteroatoms. The van der Waals surface area contributed by atoms with Gasteiger partial charge in [-0.25, -0.2) is 4.98 Å². The molecule has 1 N–H and O–H groups in total. The van der Waals surface area contributed by atoms with Crippen molar-refractivity contribution in [2.45, 2.75) is 32.7 Å². The summed E-state index contributed by atoms with van der Waals surface area (Å²) in [5.41, 5.74) is 2.36. The predicted octanol–water partition coefficient (Wildman–Crippen LogP) is 3.14. The number of rotatable bonds is 5. The van der Waals surface area contributed by atoms with Gasteiger partial charge in [-0.3, -0.25) is 9.48 Å². The first kappa shape index (κ1) is 18.7. The lowest BCUT2D eigenvalue weighted by molar-refractivity contribution is 0.0923. The molecule has 1 fully saturated rings. The Morgan fingerprint density at radius 3 is 3.04 bits per heavy atom. The van der Waals surface area contributed by atoms with Crippen molar-refractivity contribution in [1.29, 1.82) is 0 Å². The Kier molecular flexibility index (Phi) is 5.21. The first-order valence-corrected chi connectivity index (χ1v) is 10.5. The van der Waals surface area contributed by atoms with E-state index in [9.17, 15) is 4.79 Å². The van der Waals surface area contributed by atoms with Crippen LogP contribution in [0.1, 0.15) is 35.9 Å². The van der Waals surface area contributed by atoms with Gasteiger partial charge in [-0.05, 0) is 44.9 Å². The molecule has 0 aliphatic carbocycles. The molecule has 3 heterocycles. The molecule has 0 spiro atoms. The largest absolute Gasteiger partial charge is 0.492 e. The van der Waals surface area contributed by atoms with Gasteiger partial charge in [-0.15, -0.1) is 0 Å². The van der Waals surface area contributed by atoms with E-state index in [4.69, 9.17) is 9.72 Å². The molecule has 0 radical (unpaired) electrons. The number of hydrogen-bond donors (Lipinski definition) is 1. The van der Waals surface area contributed by atoms with Crippen LogP contribution >= 0.6 is 11.3 Å². The summed E-state index contributed by atoms with van der Waals surface area (Å²) >= 11 is 1.67. The number of carbonyl (C=O) groups excluding carboxylic acids is 1. The summed E-state index contributed by atoms with van der Waals surface area (Å²) in [4.78, 5) is 19.7. The minimum Gasteiger partial charge on any atom is -0.492 e. The maximum atomic E-state index is 12.6. The molecule has 1 saturated heterocycles. The van der Waals surface area contributed by atoms with Crippen LogP contribution in [-0.4, -0.2) is 46.4 Å². The summed E-state index contributed by atoms with van der Waals surface area (Å²) in [6.07, 6.45) is 1.98. The summed E-state index contributed by atoms with van der Waals surface area (Å²) in [6.45, 7) is 6.20. The van der Waals surface area contributed by atoms with Crippen LogP contribution in [0.5, 0.6) is 5.75 Å². The number of aromatic nitrogens is 3. The van der Waals surface area contributed by atoms with E-state index in [1.165, 1.54) is 0 Å². The molecule has 0 bridgehead atoms. The Labute approximate surface area is 168 Å². The van der Waals surface area contributed by atoms with Crippen molar-refractivity contribution < 1.29 is 9.53 Å². The highest BCUT2D eigenvalue weighted by molar-refractivity contribution is 7.22. The molecule has 1 aliphatic rings. The summed E-state index contributed by atoms with van der Waals surface area (Å²) in [5, 5.41) is 8.41. The van der Waals surface area contributed by atoms with E-state index in [0.29, 0.717) is 12.3 Å². The third-order valence-electron chi connectivity index (χ3n) is 4.93. The van der Waals surface area contributed by atoms with E-state index < -0.39 is 0 Å². The van der Waals surface area contributed by atoms with Crippen LogP contribution < -0.4 is 15.0 Å². The topological polar surface area (TPSA) is 72.3 Å². The van der Waals surface area contributed by atoms with E-state index in [0.717, 1.165) is 52.7 Å². The molecular formula is C20H25N5O2S. The molecule has 1 unspecified atom stereocenters. The fraction of sp³-hybridized carbons (Fsp3) is 0.450. The van der Waals surface area contributed by atoms with Crippen molar-refractivity contribution >= 4 is 32.6 Å². The van der Waals surface area contributed by atoms with Gasteiger partial charge in [0.1, 0.15) is 17.0 Å². The summed E-state index contributed by atoms with van der Waals surface area (Å²) in [5.74, 6) is 0.758. The number of anilines is 1. The van der Waals surface area contributed by atoms with Crippen LogP contribution in [0.15, 0.2) is 24.3 Å². The van der Waals surface area contributed by atoms with Crippen LogP contribution in [0.3, 0.4) is 0 Å². The number of nitrogens with zero attached hydrogens (tertiary/aromatic N) is 4. The Morgan fingerprint density at radius 1 is 1.43 bits per heavy atom. The standard InChI is InChI=1S/C20H25N5O2S/c1-4-27-16-8-5-9-17-18(16)22-20(28-17)25-10-6-7-14(12-25)21-19(26)15-11-13(2)23-24(15)3/h5,8-9,11,14H,4,6-7,10,12H2,1-3H3,(H,21,26). The Hall–Kier alpha value is -2.61. The molecule has 28 heavy (non-hydrogen) atoms. The number of hydrogen-bond acceptors (Lipinski definition) is 6. The number of para-hydroxylation sites is 1. The molecule has 0 saturated carbocycles. The zero-order valence-corrected chi connectivity index (χ0v) is 17.3. The monoisotopic (exact) mass is 399 g/mol. The van der Waals surface area contributed by atoms with Crippen molar-refractivity contribution in [3.8, 4) is 5.75 Å². The number of nitrogens with one attached hydrogen (secondary N) is 1. The van der Waals surface area contributed by atoms with E-state index in [2.05, 4.69) is 21.4 Å². The molecule has 1 aliphatic heterocycles. The van der Waals surface area contributed by atoms with Gasteiger partial charge in [-0.2, -0.15) is 5.10 Å². The van der Waals surface area contributed by atoms with Crippen LogP contribution in [0.25, 0.3) is 10.2 Å². The van der Waals surface area contributed by atoms with Crippen molar-refractivity contribution in [1.82, 2.24) is 20.1 Å². The maximum absolute atomic E-state index is 12.6. The highest BCUT2D eigenvalue weighted by Crippen LogP contribution is 2.35. The van der Waals surface area contributed by atoms with Gasteiger partial charge < -0.3 is 15.0 Å². The van der Waals surface area contributed by atoms with Gasteiger partial charge in [0.15, 0.2) is 5.13 Å². The zero-order valence-electron chi connectivity index (χ0n) is 16.4. The van der Waals surface area contributed by atoms with E-state index in [-0.39, 0.29) is 11.9 Å². The first-order valence-electron chi connectivity index (χ1n) is 9.64. The lowest BCUT2D eigenvalue weighted by atomic mass is 10.1. The highest BCUT2D eigenvalue weighted by Gasteiger charge is 2.25. The SMILES string of the molecule is CCOc1cccc2sc(N3CCCC(NC(=O)c4cc(C)nn4C)C3)nc12. The second kappa shape index (κ2) is 7.79. The van der Waals surface area contributed by atoms with Crippen molar-refractivity contribution in [3.05, 3.63) is 35.7 Å². The predicted molar refractivity (Wildman–Crippen MR) is 111 cm³/mol. The quantitative estimate of drug-likeness (QED) is 0.714. The van der Waals surface area contributed by atoms with E-state index in [1.807, 2.05) is 32.0 Å². The van der Waals surface area contributed by atoms with Gasteiger partial charge in [-0.1, -0.05) is 17.4 Å². The summed E-state index contributed by atoms with van der Waals surface area (Å²) in [7, 11) is 1.80. The first-order chi connectivity index (χ1) is 13.5. The number of ether oxygens (including phenoxy) is 1. The fourth-order valence-corrected chi connectivity index (χ4v) is 4.69. The van der Waals surface area contributed by atoms with Gasteiger partial charge in [0.25, 0.3) is 5.91 Å². The van der Waals surface area contributed by atoms with E-state index >= 15 is 0 Å². The Balaban J connectivity index is 1.49. The second-order valence-electron chi connectivity index (χ2n) is 7.09. The number of aryl methyl sites for hydroxylation is 2. The summed E-state index contributed by atoms with van der Waals surface area (Å²) in [6, 6.07) is 7.95. The van der Waals surface area contributed by atoms with E-state index in [1.54, 1.807) is 23.1 Å². The second-order valence-corrected chi connectivity index (χ2v) is 8.09. The van der Waals surface area contributed by atoms with Gasteiger partial charge in [0, 0.05) is 26.2 Å². The van der Waals surface area contributed by atoms with Gasteiger partial charge >= 0.3 is 0 Å². The Bertz CT molecular complexity index is 996. The van der Waals surface area contributed by atoms with Gasteiger partial charge in [0.05, 0.1) is 17.0 Å². The van der Waals surface area contributed by atoms with Crippen LogP contribution in [-0.2, 0) is 7.05 Å². The molecule has 7 nitrogen and oxygen atoms in total. The average molecular weight is 400 g/mol. The fourth-order valence-electron chi connectivity index (χ4n) is 3.67. The third kappa shape index (κ3) is 3.69. The van der Waals surface area contributed by atoms with Crippen LogP contribution in [0, 0.1) is 6.92 Å². The van der Waals surface area contributed by atoms with Crippen LogP contribution in [0.4, 0.5) is 5.13 Å². The molecule has 1 amide bonds. The zero-order chi connectivity index (χ0) is 19.7.